The zero-order valence-corrected chi connectivity index (χ0v) is 36.9. The lowest BCUT2D eigenvalue weighted by Crippen LogP contribution is -2.82. The minimum atomic E-state index is -2.47. The molecule has 1 amide bonds. The van der Waals surface area contributed by atoms with Crippen LogP contribution in [0.4, 0.5) is 10.5 Å². The Balaban J connectivity index is 1.53. The van der Waals surface area contributed by atoms with Gasteiger partial charge in [0.15, 0.2) is 23.6 Å². The summed E-state index contributed by atoms with van der Waals surface area (Å²) in [5, 5.41) is 51.3. The van der Waals surface area contributed by atoms with Crippen LogP contribution < -0.4 is 5.32 Å². The van der Waals surface area contributed by atoms with Crippen LogP contribution in [0, 0.1) is 26.9 Å². The molecular formula is C45H54N2O17. The van der Waals surface area contributed by atoms with E-state index >= 15 is 4.79 Å². The number of hydrogen-bond donors (Lipinski definition) is 4. The Labute approximate surface area is 368 Å². The molecule has 346 valence electrons. The van der Waals surface area contributed by atoms with Crippen molar-refractivity contribution in [3.63, 3.8) is 0 Å². The maximum atomic E-state index is 15.5. The van der Waals surface area contributed by atoms with Crippen LogP contribution in [-0.4, -0.2) is 116 Å². The molecule has 19 heteroatoms. The van der Waals surface area contributed by atoms with Crippen LogP contribution in [0.2, 0.25) is 0 Å². The van der Waals surface area contributed by atoms with Gasteiger partial charge in [-0.1, -0.05) is 44.2 Å². The minimum Gasteiger partial charge on any atom is -0.456 e. The summed E-state index contributed by atoms with van der Waals surface area (Å²) in [5.41, 5.74) is -9.41. The summed E-state index contributed by atoms with van der Waals surface area (Å²) in [5.74, 6) is -6.65. The number of carbonyl (C=O) groups excluding carboxylic acids is 6. The van der Waals surface area contributed by atoms with Crippen molar-refractivity contribution in [3.05, 3.63) is 87.0 Å². The normalized spacial score (nSPS) is 31.5. The van der Waals surface area contributed by atoms with Gasteiger partial charge >= 0.3 is 30.0 Å². The van der Waals surface area contributed by atoms with Gasteiger partial charge in [0.25, 0.3) is 5.69 Å². The van der Waals surface area contributed by atoms with E-state index in [9.17, 15) is 49.4 Å². The van der Waals surface area contributed by atoms with E-state index in [2.05, 4.69) is 5.32 Å². The van der Waals surface area contributed by atoms with Gasteiger partial charge in [-0.3, -0.25) is 24.5 Å². The maximum Gasteiger partial charge on any atom is 0.408 e. The van der Waals surface area contributed by atoms with Gasteiger partial charge < -0.3 is 49.1 Å². The van der Waals surface area contributed by atoms with E-state index in [1.54, 1.807) is 39.0 Å². The van der Waals surface area contributed by atoms with Gasteiger partial charge in [-0.05, 0) is 63.5 Å². The SMILES string of the molecule is CC(=O)O[C@H]1C(=O)[C@@]2(C)C(C(OC(=O)c3ccccc3)[C@]3(O)C[C@H](OC(=O)[C@H](O)[C@@H](NC(=O)OC(C)(C)C)c4ccc([N+](=O)[O-])cc4)C(C)=C1C3(C)C)[C@]1(OC(C)=O)CO[C@@H]1C[C@@H]2O. The van der Waals surface area contributed by atoms with Crippen LogP contribution in [0.25, 0.3) is 0 Å². The Kier molecular flexibility index (Phi) is 12.7. The van der Waals surface area contributed by atoms with Crippen molar-refractivity contribution in [1.29, 1.82) is 0 Å². The zero-order valence-electron chi connectivity index (χ0n) is 36.9. The van der Waals surface area contributed by atoms with E-state index in [0.717, 1.165) is 26.0 Å². The number of aliphatic hydroxyl groups excluding tert-OH is 2. The average molecular weight is 895 g/mol. The second kappa shape index (κ2) is 17.0. The fourth-order valence-corrected chi connectivity index (χ4v) is 9.95. The lowest BCUT2D eigenvalue weighted by molar-refractivity contribution is -0.384. The first-order valence-corrected chi connectivity index (χ1v) is 20.7. The third kappa shape index (κ3) is 8.25. The number of nitro groups is 1. The van der Waals surface area contributed by atoms with Crippen LogP contribution in [-0.2, 0) is 47.6 Å². The summed E-state index contributed by atoms with van der Waals surface area (Å²) in [7, 11) is 0. The summed E-state index contributed by atoms with van der Waals surface area (Å²) < 4.78 is 35.4. The molecule has 64 heavy (non-hydrogen) atoms. The largest absolute Gasteiger partial charge is 0.456 e. The molecule has 3 fully saturated rings. The third-order valence-corrected chi connectivity index (χ3v) is 13.1. The number of fused-ring (bicyclic) bond motifs is 5. The molecule has 1 aliphatic heterocycles. The molecule has 0 spiro atoms. The molecule has 19 nitrogen and oxygen atoms in total. The van der Waals surface area contributed by atoms with Gasteiger partial charge in [-0.15, -0.1) is 0 Å². The molecule has 1 heterocycles. The average Bonchev–Trinajstić information content (AvgIpc) is 3.20. The summed E-state index contributed by atoms with van der Waals surface area (Å²) in [6.45, 7) is 12.4. The highest BCUT2D eigenvalue weighted by molar-refractivity contribution is 5.95. The molecule has 11 atom stereocenters. The minimum absolute atomic E-state index is 0.0275. The third-order valence-electron chi connectivity index (χ3n) is 13.1. The smallest absolute Gasteiger partial charge is 0.408 e. The molecule has 2 unspecified atom stereocenters. The molecule has 0 radical (unpaired) electrons. The first kappa shape index (κ1) is 47.7. The molecule has 4 aliphatic rings. The Bertz CT molecular complexity index is 2250. The number of esters is 4. The standard InChI is InChI=1S/C45H54N2O17/c1-22-28(61-39(54)33(51)32(46-40(55)64-41(4,5)6)25-15-17-27(18-16-25)47(57)58)20-45(56)37(62-38(53)26-13-11-10-12-14-26)35-43(9,29(50)19-30-44(35,21-59-30)63-24(3)49)36(52)34(60-23(2)48)31(22)42(45,7)8/h10-18,28-30,32-35,37,50-51,56H,19-21H2,1-9H3,(H,46,55)/t28-,29-,30+,32-,33+,34+,35?,37?,43+,44-,45+/m0/s1. The number of amides is 1. The molecule has 6 rings (SSSR count). The van der Waals surface area contributed by atoms with Crippen molar-refractivity contribution in [2.75, 3.05) is 6.61 Å². The lowest BCUT2D eigenvalue weighted by Gasteiger charge is -2.67. The predicted octanol–water partition coefficient (Wildman–Crippen LogP) is 3.74. The number of alkyl carbamates (subject to hydrolysis) is 1. The Morgan fingerprint density at radius 1 is 0.953 bits per heavy atom. The lowest BCUT2D eigenvalue weighted by atomic mass is 9.44. The number of hydrogen-bond acceptors (Lipinski definition) is 17. The van der Waals surface area contributed by atoms with Gasteiger partial charge in [-0.2, -0.15) is 0 Å². The van der Waals surface area contributed by atoms with Crippen molar-refractivity contribution in [1.82, 2.24) is 5.32 Å². The first-order chi connectivity index (χ1) is 29.7. The first-order valence-electron chi connectivity index (χ1n) is 20.7. The zero-order chi connectivity index (χ0) is 47.5. The number of nitrogens with one attached hydrogen (secondary N) is 1. The number of benzene rings is 2. The van der Waals surface area contributed by atoms with Gasteiger partial charge in [0.2, 0.25) is 0 Å². The number of Topliss-reactive ketones (excluding diaryl/α,β-unsaturated/α-hetero) is 1. The van der Waals surface area contributed by atoms with Crippen LogP contribution in [0.15, 0.2) is 65.7 Å². The molecule has 2 bridgehead atoms. The van der Waals surface area contributed by atoms with E-state index in [0.29, 0.717) is 0 Å². The second-order valence-corrected chi connectivity index (χ2v) is 18.6. The van der Waals surface area contributed by atoms with Gasteiger partial charge in [0, 0.05) is 44.2 Å². The van der Waals surface area contributed by atoms with E-state index in [1.165, 1.54) is 52.0 Å². The van der Waals surface area contributed by atoms with Crippen LogP contribution in [0.5, 0.6) is 0 Å². The quantitative estimate of drug-likeness (QED) is 0.0869. The summed E-state index contributed by atoms with van der Waals surface area (Å²) in [4.78, 5) is 93.8. The van der Waals surface area contributed by atoms with Crippen molar-refractivity contribution in [3.8, 4) is 0 Å². The Hall–Kier alpha value is -5.76. The van der Waals surface area contributed by atoms with E-state index in [-0.39, 0.29) is 41.0 Å². The van der Waals surface area contributed by atoms with Gasteiger partial charge in [0.05, 0.1) is 40.6 Å². The fraction of sp³-hybridized carbons (Fsp3) is 0.556. The van der Waals surface area contributed by atoms with Crippen molar-refractivity contribution in [2.24, 2.45) is 16.7 Å². The number of aliphatic hydroxyl groups is 3. The summed E-state index contributed by atoms with van der Waals surface area (Å²) >= 11 is 0. The number of non-ortho nitro benzene ring substituents is 1. The molecule has 3 aliphatic carbocycles. The molecule has 1 saturated heterocycles. The highest BCUT2D eigenvalue weighted by atomic mass is 16.6. The van der Waals surface area contributed by atoms with Crippen LogP contribution in [0.1, 0.15) is 97.1 Å². The molecule has 4 N–H and O–H groups in total. The predicted molar refractivity (Wildman–Crippen MR) is 220 cm³/mol. The number of rotatable bonds is 10. The van der Waals surface area contributed by atoms with Crippen molar-refractivity contribution in [2.45, 2.75) is 135 Å². The maximum absolute atomic E-state index is 15.5. The second-order valence-electron chi connectivity index (χ2n) is 18.6. The number of carbonyl (C=O) groups is 6. The molecular weight excluding hydrogens is 840 g/mol. The monoisotopic (exact) mass is 894 g/mol. The molecule has 0 aromatic heterocycles. The van der Waals surface area contributed by atoms with E-state index < -0.39 is 123 Å². The van der Waals surface area contributed by atoms with Gasteiger partial charge in [0.1, 0.15) is 29.5 Å². The van der Waals surface area contributed by atoms with Gasteiger partial charge in [-0.25, -0.2) is 14.4 Å². The molecule has 2 aromatic rings. The number of ether oxygens (including phenoxy) is 6. The highest BCUT2D eigenvalue weighted by Crippen LogP contribution is 2.64. The molecule has 2 aromatic carbocycles. The fourth-order valence-electron chi connectivity index (χ4n) is 9.95. The number of ketones is 1. The van der Waals surface area contributed by atoms with Crippen molar-refractivity contribution >= 4 is 41.4 Å². The topological polar surface area (TPSA) is 274 Å². The van der Waals surface area contributed by atoms with E-state index in [1.807, 2.05) is 0 Å². The van der Waals surface area contributed by atoms with E-state index in [4.69, 9.17) is 28.4 Å². The van der Waals surface area contributed by atoms with Crippen LogP contribution >= 0.6 is 0 Å². The van der Waals surface area contributed by atoms with Crippen molar-refractivity contribution < 1.29 is 77.4 Å². The molecule has 2 saturated carbocycles. The summed E-state index contributed by atoms with van der Waals surface area (Å²) in [6, 6.07) is 10.7. The number of nitro benzene ring substituents is 1. The number of nitrogens with zero attached hydrogens (tertiary/aromatic N) is 1. The highest BCUT2D eigenvalue weighted by Gasteiger charge is 2.78. The Morgan fingerprint density at radius 3 is 2.11 bits per heavy atom. The summed E-state index contributed by atoms with van der Waals surface area (Å²) in [6.07, 6.45) is -12.3. The Morgan fingerprint density at radius 2 is 1.58 bits per heavy atom. The van der Waals surface area contributed by atoms with Crippen LogP contribution in [0.3, 0.4) is 0 Å².